The third-order valence-electron chi connectivity index (χ3n) is 5.22. The molecular weight excluding hydrogens is 372 g/mol. The molecule has 2 aliphatic rings. The van der Waals surface area contributed by atoms with Gasteiger partial charge in [-0.1, -0.05) is 6.07 Å². The number of rotatable bonds is 4. The summed E-state index contributed by atoms with van der Waals surface area (Å²) in [7, 11) is 0. The molecule has 4 rings (SSSR count). The number of ketones is 1. The Morgan fingerprint density at radius 1 is 1.07 bits per heavy atom. The molecule has 0 bridgehead atoms. The van der Waals surface area contributed by atoms with Crippen molar-refractivity contribution in [1.82, 2.24) is 15.2 Å². The number of likely N-dealkylation sites (tertiary alicyclic amines) is 1. The summed E-state index contributed by atoms with van der Waals surface area (Å²) in [5.41, 5.74) is 1.45. The Morgan fingerprint density at radius 3 is 2.52 bits per heavy atom. The number of anilines is 1. The highest BCUT2D eigenvalue weighted by molar-refractivity contribution is 6.12. The van der Waals surface area contributed by atoms with Gasteiger partial charge in [-0.25, -0.2) is 4.79 Å². The van der Waals surface area contributed by atoms with Crippen LogP contribution in [0.4, 0.5) is 10.5 Å². The summed E-state index contributed by atoms with van der Waals surface area (Å²) in [5.74, 6) is -0.812. The van der Waals surface area contributed by atoms with Crippen LogP contribution in [0.25, 0.3) is 0 Å². The van der Waals surface area contributed by atoms with E-state index in [1.54, 1.807) is 53.6 Å². The quantitative estimate of drug-likeness (QED) is 0.633. The van der Waals surface area contributed by atoms with Crippen molar-refractivity contribution >= 4 is 29.3 Å². The van der Waals surface area contributed by atoms with Crippen LogP contribution in [0.1, 0.15) is 33.7 Å². The molecule has 8 heteroatoms. The third-order valence-corrected chi connectivity index (χ3v) is 5.22. The molecule has 2 aliphatic heterocycles. The maximum atomic E-state index is 12.9. The highest BCUT2D eigenvalue weighted by Gasteiger charge is 2.31. The first-order chi connectivity index (χ1) is 14.0. The smallest absolute Gasteiger partial charge is 0.329 e. The van der Waals surface area contributed by atoms with Gasteiger partial charge in [0.1, 0.15) is 12.2 Å². The molecule has 0 aliphatic carbocycles. The minimum atomic E-state index is -0.471. The molecule has 1 unspecified atom stereocenters. The van der Waals surface area contributed by atoms with Gasteiger partial charge in [-0.15, -0.1) is 0 Å². The van der Waals surface area contributed by atoms with Crippen molar-refractivity contribution in [1.29, 1.82) is 0 Å². The second-order valence-corrected chi connectivity index (χ2v) is 7.16. The molecule has 0 saturated carbocycles. The van der Waals surface area contributed by atoms with E-state index in [0.29, 0.717) is 30.0 Å². The lowest BCUT2D eigenvalue weighted by atomic mass is 9.91. The van der Waals surface area contributed by atoms with Crippen LogP contribution in [0.15, 0.2) is 48.7 Å². The Hall–Kier alpha value is -3.55. The van der Waals surface area contributed by atoms with E-state index in [1.165, 1.54) is 4.90 Å². The monoisotopic (exact) mass is 392 g/mol. The van der Waals surface area contributed by atoms with Crippen molar-refractivity contribution in [2.75, 3.05) is 24.5 Å². The van der Waals surface area contributed by atoms with E-state index < -0.39 is 6.03 Å². The predicted octanol–water partition coefficient (Wildman–Crippen LogP) is 1.87. The van der Waals surface area contributed by atoms with E-state index in [4.69, 9.17) is 0 Å². The van der Waals surface area contributed by atoms with Crippen LogP contribution < -0.4 is 10.2 Å². The van der Waals surface area contributed by atoms with Crippen molar-refractivity contribution < 1.29 is 19.2 Å². The van der Waals surface area contributed by atoms with Gasteiger partial charge in [0, 0.05) is 36.5 Å². The largest absolute Gasteiger partial charge is 0.338 e. The van der Waals surface area contributed by atoms with Gasteiger partial charge in [0.05, 0.1) is 0 Å². The van der Waals surface area contributed by atoms with Gasteiger partial charge in [0.2, 0.25) is 5.91 Å². The first kappa shape index (κ1) is 18.8. The number of piperidine rings is 1. The summed E-state index contributed by atoms with van der Waals surface area (Å²) < 4.78 is 0. The summed E-state index contributed by atoms with van der Waals surface area (Å²) in [6.07, 6.45) is 3.08. The first-order valence-electron chi connectivity index (χ1n) is 9.49. The number of hydrogen-bond donors (Lipinski definition) is 1. The molecule has 2 fully saturated rings. The molecule has 148 valence electrons. The second-order valence-electron chi connectivity index (χ2n) is 7.16. The van der Waals surface area contributed by atoms with E-state index in [1.807, 2.05) is 0 Å². The lowest BCUT2D eigenvalue weighted by molar-refractivity contribution is -0.117. The molecule has 0 spiro atoms. The average molecular weight is 392 g/mol. The molecule has 2 aromatic rings. The van der Waals surface area contributed by atoms with Crippen LogP contribution in [-0.4, -0.2) is 53.1 Å². The van der Waals surface area contributed by atoms with Gasteiger partial charge in [-0.2, -0.15) is 0 Å². The molecule has 1 N–H and O–H groups in total. The summed E-state index contributed by atoms with van der Waals surface area (Å²) in [5, 5.41) is 2.22. The van der Waals surface area contributed by atoms with Crippen LogP contribution >= 0.6 is 0 Å². The number of imide groups is 1. The summed E-state index contributed by atoms with van der Waals surface area (Å²) >= 11 is 0. The lowest BCUT2D eigenvalue weighted by Gasteiger charge is -2.32. The number of carbonyl (C=O) groups excluding carboxylic acids is 4. The zero-order valence-electron chi connectivity index (χ0n) is 15.7. The number of aromatic nitrogens is 1. The number of nitrogens with one attached hydrogen (secondary N) is 1. The molecule has 4 amide bonds. The van der Waals surface area contributed by atoms with Crippen LogP contribution in [-0.2, 0) is 4.79 Å². The number of hydrogen-bond acceptors (Lipinski definition) is 5. The van der Waals surface area contributed by atoms with Gasteiger partial charge in [-0.3, -0.25) is 29.6 Å². The Bertz CT molecular complexity index is 958. The number of Topliss-reactive ketones (excluding diaryl/α,β-unsaturated/α-hetero) is 1. The van der Waals surface area contributed by atoms with Gasteiger partial charge in [-0.05, 0) is 49.2 Å². The molecule has 1 aromatic carbocycles. The van der Waals surface area contributed by atoms with E-state index in [2.05, 4.69) is 10.3 Å². The number of nitrogens with zero attached hydrogens (tertiary/aromatic N) is 3. The second kappa shape index (κ2) is 7.83. The van der Waals surface area contributed by atoms with E-state index in [9.17, 15) is 19.2 Å². The van der Waals surface area contributed by atoms with Crippen LogP contribution in [0.5, 0.6) is 0 Å². The average Bonchev–Trinajstić information content (AvgIpc) is 3.11. The molecule has 8 nitrogen and oxygen atoms in total. The fourth-order valence-electron chi connectivity index (χ4n) is 3.71. The third kappa shape index (κ3) is 3.87. The Kier molecular flexibility index (Phi) is 5.07. The zero-order chi connectivity index (χ0) is 20.4. The van der Waals surface area contributed by atoms with Crippen LogP contribution in [0.2, 0.25) is 0 Å². The maximum Gasteiger partial charge on any atom is 0.329 e. The van der Waals surface area contributed by atoms with Gasteiger partial charge in [0.15, 0.2) is 5.78 Å². The fraction of sp³-hybridized carbons (Fsp3) is 0.286. The van der Waals surface area contributed by atoms with Crippen molar-refractivity contribution in [3.63, 3.8) is 0 Å². The van der Waals surface area contributed by atoms with E-state index >= 15 is 0 Å². The number of carbonyl (C=O) groups is 4. The standard InChI is InChI=1S/C21H20N4O4/c26-18-13-25(21(29)23-18)16-8-6-14(7-9-16)20(28)24-11-3-4-15(12-24)19(27)17-5-1-2-10-22-17/h1-2,5-10,15H,3-4,11-13H2,(H,23,26,29). The first-order valence-corrected chi connectivity index (χ1v) is 9.49. The van der Waals surface area contributed by atoms with Gasteiger partial charge in [0.25, 0.3) is 5.91 Å². The van der Waals surface area contributed by atoms with Crippen LogP contribution in [0, 0.1) is 5.92 Å². The molecule has 1 atom stereocenters. The molecule has 3 heterocycles. The summed E-state index contributed by atoms with van der Waals surface area (Å²) in [6.45, 7) is 0.921. The highest BCUT2D eigenvalue weighted by atomic mass is 16.2. The number of amides is 4. The molecule has 29 heavy (non-hydrogen) atoms. The van der Waals surface area contributed by atoms with E-state index in [-0.39, 0.29) is 30.1 Å². The minimum Gasteiger partial charge on any atom is -0.338 e. The number of urea groups is 1. The normalized spacial score (nSPS) is 19.2. The van der Waals surface area contributed by atoms with Gasteiger partial charge >= 0.3 is 6.03 Å². The highest BCUT2D eigenvalue weighted by Crippen LogP contribution is 2.23. The summed E-state index contributed by atoms with van der Waals surface area (Å²) in [6, 6.07) is 11.3. The number of pyridine rings is 1. The Labute approximate surface area is 167 Å². The Balaban J connectivity index is 1.44. The Morgan fingerprint density at radius 2 is 1.86 bits per heavy atom. The zero-order valence-corrected chi connectivity index (χ0v) is 15.7. The maximum absolute atomic E-state index is 12.9. The summed E-state index contributed by atoms with van der Waals surface area (Å²) in [4.78, 5) is 55.8. The van der Waals surface area contributed by atoms with Gasteiger partial charge < -0.3 is 4.90 Å². The van der Waals surface area contributed by atoms with Crippen molar-refractivity contribution in [3.8, 4) is 0 Å². The molecule has 2 saturated heterocycles. The van der Waals surface area contributed by atoms with Crippen molar-refractivity contribution in [2.24, 2.45) is 5.92 Å². The van der Waals surface area contributed by atoms with Crippen molar-refractivity contribution in [2.45, 2.75) is 12.8 Å². The van der Waals surface area contributed by atoms with Crippen LogP contribution in [0.3, 0.4) is 0 Å². The topological polar surface area (TPSA) is 99.7 Å². The van der Waals surface area contributed by atoms with Crippen molar-refractivity contribution in [3.05, 3.63) is 59.9 Å². The lowest BCUT2D eigenvalue weighted by Crippen LogP contribution is -2.42. The predicted molar refractivity (Wildman–Crippen MR) is 105 cm³/mol. The SMILES string of the molecule is O=C1CN(c2ccc(C(=O)N3CCCC(C(=O)c4ccccn4)C3)cc2)C(=O)N1. The molecule has 0 radical (unpaired) electrons. The minimum absolute atomic E-state index is 0.0322. The van der Waals surface area contributed by atoms with E-state index in [0.717, 1.165) is 12.8 Å². The molecule has 1 aromatic heterocycles. The number of benzene rings is 1. The molecular formula is C21H20N4O4. The fourth-order valence-corrected chi connectivity index (χ4v) is 3.71.